The standard InChI is InChI=1S/C18H18O4/c19-17(12-7-13-21-16-10-5-2-6-11-16)18(20)22-14-15-8-3-1-4-9-15/h1-6,8-11H,7,12-14H2. The van der Waals surface area contributed by atoms with Gasteiger partial charge in [-0.3, -0.25) is 4.79 Å². The molecule has 4 heteroatoms. The van der Waals surface area contributed by atoms with Crippen molar-refractivity contribution in [3.8, 4) is 5.75 Å². The molecule has 2 aromatic carbocycles. The highest BCUT2D eigenvalue weighted by Gasteiger charge is 2.14. The molecule has 2 aromatic rings. The van der Waals surface area contributed by atoms with Gasteiger partial charge in [-0.05, 0) is 24.1 Å². The molecule has 0 fully saturated rings. The van der Waals surface area contributed by atoms with Gasteiger partial charge in [0.1, 0.15) is 12.4 Å². The van der Waals surface area contributed by atoms with Crippen LogP contribution in [0.1, 0.15) is 18.4 Å². The molecule has 0 spiro atoms. The molecule has 0 radical (unpaired) electrons. The molecule has 114 valence electrons. The van der Waals surface area contributed by atoms with E-state index in [0.29, 0.717) is 13.0 Å². The molecule has 0 saturated heterocycles. The quantitative estimate of drug-likeness (QED) is 0.427. The average molecular weight is 298 g/mol. The van der Waals surface area contributed by atoms with E-state index in [2.05, 4.69) is 0 Å². The average Bonchev–Trinajstić information content (AvgIpc) is 2.58. The fourth-order valence-corrected chi connectivity index (χ4v) is 1.85. The minimum absolute atomic E-state index is 0.117. The van der Waals surface area contributed by atoms with Crippen molar-refractivity contribution in [3.05, 3.63) is 66.2 Å². The molecule has 22 heavy (non-hydrogen) atoms. The molecule has 0 bridgehead atoms. The topological polar surface area (TPSA) is 52.6 Å². The SMILES string of the molecule is O=C(CCCOc1ccccc1)C(=O)OCc1ccccc1. The zero-order valence-electron chi connectivity index (χ0n) is 12.2. The second-order valence-electron chi connectivity index (χ2n) is 4.75. The summed E-state index contributed by atoms with van der Waals surface area (Å²) in [6, 6.07) is 18.6. The molecule has 0 N–H and O–H groups in total. The number of ether oxygens (including phenoxy) is 2. The van der Waals surface area contributed by atoms with Crippen LogP contribution in [0.25, 0.3) is 0 Å². The summed E-state index contributed by atoms with van der Waals surface area (Å²) in [5, 5.41) is 0. The third-order valence-electron chi connectivity index (χ3n) is 3.00. The number of carbonyl (C=O) groups is 2. The van der Waals surface area contributed by atoms with Gasteiger partial charge in [-0.1, -0.05) is 48.5 Å². The Labute approximate surface area is 129 Å². The van der Waals surface area contributed by atoms with E-state index >= 15 is 0 Å². The van der Waals surface area contributed by atoms with Crippen molar-refractivity contribution >= 4 is 11.8 Å². The van der Waals surface area contributed by atoms with Crippen LogP contribution in [0.2, 0.25) is 0 Å². The van der Waals surface area contributed by atoms with Gasteiger partial charge in [-0.25, -0.2) is 4.79 Å². The number of carbonyl (C=O) groups excluding carboxylic acids is 2. The predicted octanol–water partition coefficient (Wildman–Crippen LogP) is 3.16. The van der Waals surface area contributed by atoms with Gasteiger partial charge in [0.2, 0.25) is 5.78 Å². The first kappa shape index (κ1) is 15.8. The molecule has 0 heterocycles. The summed E-state index contributed by atoms with van der Waals surface area (Å²) in [6.45, 7) is 0.508. The first-order valence-electron chi connectivity index (χ1n) is 7.17. The van der Waals surface area contributed by atoms with Crippen molar-refractivity contribution in [3.63, 3.8) is 0 Å². The zero-order chi connectivity index (χ0) is 15.6. The van der Waals surface area contributed by atoms with Crippen molar-refractivity contribution in [1.29, 1.82) is 0 Å². The largest absolute Gasteiger partial charge is 0.494 e. The fraction of sp³-hybridized carbons (Fsp3) is 0.222. The number of rotatable bonds is 8. The van der Waals surface area contributed by atoms with E-state index in [9.17, 15) is 9.59 Å². The Bertz CT molecular complexity index is 593. The summed E-state index contributed by atoms with van der Waals surface area (Å²) in [4.78, 5) is 23.2. The van der Waals surface area contributed by atoms with Crippen LogP contribution >= 0.6 is 0 Å². The summed E-state index contributed by atoms with van der Waals surface area (Å²) in [6.07, 6.45) is 0.606. The van der Waals surface area contributed by atoms with E-state index in [-0.39, 0.29) is 13.0 Å². The van der Waals surface area contributed by atoms with Crippen LogP contribution in [0.5, 0.6) is 5.75 Å². The number of hydrogen-bond acceptors (Lipinski definition) is 4. The highest BCUT2D eigenvalue weighted by molar-refractivity contribution is 6.33. The van der Waals surface area contributed by atoms with Gasteiger partial charge in [0, 0.05) is 6.42 Å². The van der Waals surface area contributed by atoms with Gasteiger partial charge in [0.25, 0.3) is 0 Å². The van der Waals surface area contributed by atoms with E-state index < -0.39 is 11.8 Å². The molecule has 4 nitrogen and oxygen atoms in total. The van der Waals surface area contributed by atoms with Crippen molar-refractivity contribution in [1.82, 2.24) is 0 Å². The Hall–Kier alpha value is -2.62. The smallest absolute Gasteiger partial charge is 0.374 e. The van der Waals surface area contributed by atoms with Crippen LogP contribution in [0.15, 0.2) is 60.7 Å². The molecule has 0 saturated carbocycles. The zero-order valence-corrected chi connectivity index (χ0v) is 12.2. The van der Waals surface area contributed by atoms with Crippen LogP contribution < -0.4 is 4.74 Å². The molecule has 0 amide bonds. The molecule has 0 aromatic heterocycles. The Morgan fingerprint density at radius 3 is 2.18 bits per heavy atom. The van der Waals surface area contributed by atoms with Crippen LogP contribution in [-0.4, -0.2) is 18.4 Å². The first-order chi connectivity index (χ1) is 10.8. The number of hydrogen-bond donors (Lipinski definition) is 0. The van der Waals surface area contributed by atoms with Gasteiger partial charge in [-0.2, -0.15) is 0 Å². The van der Waals surface area contributed by atoms with Crippen LogP contribution in [0.4, 0.5) is 0 Å². The van der Waals surface area contributed by atoms with Crippen LogP contribution in [-0.2, 0) is 20.9 Å². The predicted molar refractivity (Wildman–Crippen MR) is 82.4 cm³/mol. The molecular weight excluding hydrogens is 280 g/mol. The van der Waals surface area contributed by atoms with Gasteiger partial charge >= 0.3 is 5.97 Å². The molecule has 0 atom stereocenters. The highest BCUT2D eigenvalue weighted by atomic mass is 16.5. The maximum atomic E-state index is 11.6. The maximum Gasteiger partial charge on any atom is 0.374 e. The Kier molecular flexibility index (Phi) is 6.18. The van der Waals surface area contributed by atoms with Crippen molar-refractivity contribution in [2.75, 3.05) is 6.61 Å². The number of esters is 1. The summed E-state index contributed by atoms with van der Waals surface area (Å²) in [5.41, 5.74) is 0.857. The third-order valence-corrected chi connectivity index (χ3v) is 3.00. The van der Waals surface area contributed by atoms with Crippen molar-refractivity contribution < 1.29 is 19.1 Å². The second kappa shape index (κ2) is 8.62. The number of ketones is 1. The highest BCUT2D eigenvalue weighted by Crippen LogP contribution is 2.09. The lowest BCUT2D eigenvalue weighted by molar-refractivity contribution is -0.154. The van der Waals surface area contributed by atoms with Crippen LogP contribution in [0, 0.1) is 0 Å². The molecule has 0 unspecified atom stereocenters. The van der Waals surface area contributed by atoms with E-state index in [0.717, 1.165) is 11.3 Å². The Morgan fingerprint density at radius 2 is 1.50 bits per heavy atom. The van der Waals surface area contributed by atoms with E-state index in [4.69, 9.17) is 9.47 Å². The summed E-state index contributed by atoms with van der Waals surface area (Å²) >= 11 is 0. The fourth-order valence-electron chi connectivity index (χ4n) is 1.85. The molecule has 0 aliphatic heterocycles. The van der Waals surface area contributed by atoms with Gasteiger partial charge in [0.15, 0.2) is 0 Å². The van der Waals surface area contributed by atoms with Gasteiger partial charge < -0.3 is 9.47 Å². The van der Waals surface area contributed by atoms with Crippen molar-refractivity contribution in [2.45, 2.75) is 19.4 Å². The van der Waals surface area contributed by atoms with Crippen LogP contribution in [0.3, 0.4) is 0 Å². The van der Waals surface area contributed by atoms with Crippen molar-refractivity contribution in [2.24, 2.45) is 0 Å². The lowest BCUT2D eigenvalue weighted by Crippen LogP contribution is -2.18. The summed E-state index contributed by atoms with van der Waals surface area (Å²) in [5.74, 6) is -0.558. The lowest BCUT2D eigenvalue weighted by atomic mass is 10.2. The maximum absolute atomic E-state index is 11.6. The molecular formula is C18H18O4. The van der Waals surface area contributed by atoms with E-state index in [1.54, 1.807) is 0 Å². The van der Waals surface area contributed by atoms with E-state index in [1.807, 2.05) is 60.7 Å². The number of benzene rings is 2. The van der Waals surface area contributed by atoms with Gasteiger partial charge in [0.05, 0.1) is 6.61 Å². The number of Topliss-reactive ketones (excluding diaryl/α,β-unsaturated/α-hetero) is 1. The normalized spacial score (nSPS) is 10.0. The summed E-state index contributed by atoms with van der Waals surface area (Å²) in [7, 11) is 0. The van der Waals surface area contributed by atoms with Gasteiger partial charge in [-0.15, -0.1) is 0 Å². The Morgan fingerprint density at radius 1 is 0.864 bits per heavy atom. The molecule has 2 rings (SSSR count). The number of para-hydroxylation sites is 1. The lowest BCUT2D eigenvalue weighted by Gasteiger charge is -2.06. The minimum atomic E-state index is -0.788. The third kappa shape index (κ3) is 5.40. The molecule has 0 aliphatic rings. The first-order valence-corrected chi connectivity index (χ1v) is 7.17. The Balaban J connectivity index is 1.63. The monoisotopic (exact) mass is 298 g/mol. The second-order valence-corrected chi connectivity index (χ2v) is 4.75. The van der Waals surface area contributed by atoms with E-state index in [1.165, 1.54) is 0 Å². The molecule has 0 aliphatic carbocycles. The minimum Gasteiger partial charge on any atom is -0.494 e. The summed E-state index contributed by atoms with van der Waals surface area (Å²) < 4.78 is 10.4.